The number of halogens is 1. The van der Waals surface area contributed by atoms with Gasteiger partial charge in [-0.2, -0.15) is 0 Å². The average Bonchev–Trinajstić information content (AvgIpc) is 2.27. The van der Waals surface area contributed by atoms with E-state index in [9.17, 15) is 9.59 Å². The molecular formula is C12H14BrNO4. The molecule has 0 fully saturated rings. The quantitative estimate of drug-likeness (QED) is 0.745. The summed E-state index contributed by atoms with van der Waals surface area (Å²) in [5.74, 6) is -2.30. The van der Waals surface area contributed by atoms with Gasteiger partial charge in [-0.15, -0.1) is 0 Å². The summed E-state index contributed by atoms with van der Waals surface area (Å²) in [6.07, 6.45) is -0.442. The summed E-state index contributed by atoms with van der Waals surface area (Å²) in [6.45, 7) is 2.23. The zero-order valence-electron chi connectivity index (χ0n) is 9.81. The van der Waals surface area contributed by atoms with E-state index in [1.54, 1.807) is 0 Å². The van der Waals surface area contributed by atoms with E-state index in [2.05, 4.69) is 21.2 Å². The third kappa shape index (κ3) is 4.46. The van der Waals surface area contributed by atoms with Crippen LogP contribution in [0.15, 0.2) is 22.7 Å². The first-order valence-electron chi connectivity index (χ1n) is 5.33. The van der Waals surface area contributed by atoms with Crippen molar-refractivity contribution in [2.45, 2.75) is 25.9 Å². The Labute approximate surface area is 113 Å². The summed E-state index contributed by atoms with van der Waals surface area (Å²) in [6, 6.07) is 4.60. The second-order valence-corrected chi connectivity index (χ2v) is 4.86. The highest BCUT2D eigenvalue weighted by molar-refractivity contribution is 9.10. The molecule has 0 aliphatic heterocycles. The minimum absolute atomic E-state index is 0.315. The molecule has 18 heavy (non-hydrogen) atoms. The van der Waals surface area contributed by atoms with E-state index in [1.165, 1.54) is 0 Å². The predicted octanol–water partition coefficient (Wildman–Crippen LogP) is 1.78. The van der Waals surface area contributed by atoms with Crippen LogP contribution >= 0.6 is 15.9 Å². The molecule has 0 aromatic heterocycles. The molecule has 1 aromatic carbocycles. The molecule has 0 radical (unpaired) electrons. The van der Waals surface area contributed by atoms with Crippen LogP contribution in [0.5, 0.6) is 0 Å². The lowest BCUT2D eigenvalue weighted by Gasteiger charge is -2.13. The van der Waals surface area contributed by atoms with Crippen LogP contribution in [0.4, 0.5) is 0 Å². The normalized spacial score (nSPS) is 12.1. The van der Waals surface area contributed by atoms with Gasteiger partial charge in [-0.25, -0.2) is 0 Å². The van der Waals surface area contributed by atoms with Crippen LogP contribution in [-0.2, 0) is 16.1 Å². The Bertz CT molecular complexity index is 461. The molecule has 0 bridgehead atoms. The van der Waals surface area contributed by atoms with Gasteiger partial charge in [0.25, 0.3) is 0 Å². The Morgan fingerprint density at radius 1 is 1.39 bits per heavy atom. The topological polar surface area (TPSA) is 86.6 Å². The minimum Gasteiger partial charge on any atom is -0.481 e. The van der Waals surface area contributed by atoms with E-state index in [0.29, 0.717) is 6.54 Å². The van der Waals surface area contributed by atoms with E-state index >= 15 is 0 Å². The predicted molar refractivity (Wildman–Crippen MR) is 69.4 cm³/mol. The van der Waals surface area contributed by atoms with Gasteiger partial charge in [0.1, 0.15) is 6.04 Å². The van der Waals surface area contributed by atoms with Crippen molar-refractivity contribution in [3.8, 4) is 0 Å². The van der Waals surface area contributed by atoms with Crippen molar-refractivity contribution < 1.29 is 19.8 Å². The first-order chi connectivity index (χ1) is 8.40. The number of carboxylic acids is 2. The fraction of sp³-hybridized carbons (Fsp3) is 0.333. The molecule has 1 aromatic rings. The van der Waals surface area contributed by atoms with Gasteiger partial charge in [0, 0.05) is 11.0 Å². The maximum absolute atomic E-state index is 10.9. The number of nitrogens with one attached hydrogen (secondary N) is 1. The number of hydrogen-bond donors (Lipinski definition) is 3. The molecule has 3 N–H and O–H groups in total. The van der Waals surface area contributed by atoms with Gasteiger partial charge in [0.15, 0.2) is 0 Å². The van der Waals surface area contributed by atoms with Gasteiger partial charge >= 0.3 is 11.9 Å². The Kier molecular flexibility index (Phi) is 5.30. The van der Waals surface area contributed by atoms with Crippen LogP contribution in [0.1, 0.15) is 17.5 Å². The number of carboxylic acid groups (broad SMARTS) is 2. The van der Waals surface area contributed by atoms with Gasteiger partial charge in [0.05, 0.1) is 6.42 Å². The van der Waals surface area contributed by atoms with E-state index in [1.807, 2.05) is 25.1 Å². The zero-order valence-corrected chi connectivity index (χ0v) is 11.4. The summed E-state index contributed by atoms with van der Waals surface area (Å²) in [4.78, 5) is 21.4. The number of hydrogen-bond acceptors (Lipinski definition) is 3. The molecule has 1 rings (SSSR count). The Hall–Kier alpha value is -1.40. The molecule has 0 saturated carbocycles. The molecule has 5 nitrogen and oxygen atoms in total. The lowest BCUT2D eigenvalue weighted by Crippen LogP contribution is -2.38. The van der Waals surface area contributed by atoms with E-state index in [0.717, 1.165) is 15.6 Å². The van der Waals surface area contributed by atoms with Crippen LogP contribution in [0, 0.1) is 6.92 Å². The molecule has 1 unspecified atom stereocenters. The van der Waals surface area contributed by atoms with Crippen molar-refractivity contribution in [1.82, 2.24) is 5.32 Å². The highest BCUT2D eigenvalue weighted by atomic mass is 79.9. The van der Waals surface area contributed by atoms with E-state index < -0.39 is 24.4 Å². The number of aliphatic carboxylic acids is 2. The van der Waals surface area contributed by atoms with Crippen LogP contribution in [-0.4, -0.2) is 28.2 Å². The summed E-state index contributed by atoms with van der Waals surface area (Å²) >= 11 is 3.33. The number of rotatable bonds is 6. The summed E-state index contributed by atoms with van der Waals surface area (Å²) < 4.78 is 0.898. The van der Waals surface area contributed by atoms with Crippen molar-refractivity contribution in [2.24, 2.45) is 0 Å². The highest BCUT2D eigenvalue weighted by Crippen LogP contribution is 2.16. The first kappa shape index (κ1) is 14.7. The molecule has 1 atom stereocenters. The number of carbonyl (C=O) groups is 2. The highest BCUT2D eigenvalue weighted by Gasteiger charge is 2.20. The van der Waals surface area contributed by atoms with Crippen LogP contribution in [0.3, 0.4) is 0 Å². The summed E-state index contributed by atoms with van der Waals surface area (Å²) in [5, 5.41) is 20.2. The molecule has 0 aliphatic carbocycles. The van der Waals surface area contributed by atoms with Crippen molar-refractivity contribution in [3.05, 3.63) is 33.8 Å². The van der Waals surface area contributed by atoms with Gasteiger partial charge in [-0.3, -0.25) is 14.9 Å². The fourth-order valence-electron chi connectivity index (χ4n) is 1.49. The molecule has 0 saturated heterocycles. The van der Waals surface area contributed by atoms with Crippen molar-refractivity contribution >= 4 is 27.9 Å². The van der Waals surface area contributed by atoms with Crippen molar-refractivity contribution in [3.63, 3.8) is 0 Å². The molecule has 98 valence electrons. The fourth-order valence-corrected chi connectivity index (χ4v) is 1.89. The largest absolute Gasteiger partial charge is 0.481 e. The van der Waals surface area contributed by atoms with Crippen molar-refractivity contribution in [2.75, 3.05) is 0 Å². The monoisotopic (exact) mass is 315 g/mol. The minimum atomic E-state index is -1.16. The Morgan fingerprint density at radius 3 is 2.61 bits per heavy atom. The molecule has 0 heterocycles. The Balaban J connectivity index is 2.69. The van der Waals surface area contributed by atoms with E-state index in [-0.39, 0.29) is 0 Å². The third-order valence-corrected chi connectivity index (χ3v) is 3.02. The van der Waals surface area contributed by atoms with Crippen LogP contribution in [0.2, 0.25) is 0 Å². The van der Waals surface area contributed by atoms with Gasteiger partial charge in [0.2, 0.25) is 0 Å². The standard InChI is InChI=1S/C12H14BrNO4/c1-7-2-3-9(13)4-8(7)6-14-10(12(17)18)5-11(15)16/h2-4,10,14H,5-6H2,1H3,(H,15,16)(H,17,18). The number of benzene rings is 1. The van der Waals surface area contributed by atoms with Gasteiger partial charge in [-0.05, 0) is 30.2 Å². The first-order valence-corrected chi connectivity index (χ1v) is 6.12. The second-order valence-electron chi connectivity index (χ2n) is 3.94. The van der Waals surface area contributed by atoms with Crippen LogP contribution in [0.25, 0.3) is 0 Å². The lowest BCUT2D eigenvalue weighted by molar-refractivity contribution is -0.146. The average molecular weight is 316 g/mol. The smallest absolute Gasteiger partial charge is 0.321 e. The molecular weight excluding hydrogens is 302 g/mol. The third-order valence-electron chi connectivity index (χ3n) is 2.53. The van der Waals surface area contributed by atoms with Crippen LogP contribution < -0.4 is 5.32 Å². The maximum Gasteiger partial charge on any atom is 0.321 e. The number of aryl methyl sites for hydroxylation is 1. The zero-order chi connectivity index (χ0) is 13.7. The van der Waals surface area contributed by atoms with Gasteiger partial charge in [-0.1, -0.05) is 22.0 Å². The molecule has 6 heteroatoms. The van der Waals surface area contributed by atoms with E-state index in [4.69, 9.17) is 10.2 Å². The lowest BCUT2D eigenvalue weighted by atomic mass is 10.1. The Morgan fingerprint density at radius 2 is 2.06 bits per heavy atom. The molecule has 0 aliphatic rings. The van der Waals surface area contributed by atoms with Crippen molar-refractivity contribution in [1.29, 1.82) is 0 Å². The van der Waals surface area contributed by atoms with Gasteiger partial charge < -0.3 is 10.2 Å². The molecule has 0 amide bonds. The maximum atomic E-state index is 10.9. The summed E-state index contributed by atoms with van der Waals surface area (Å²) in [5.41, 5.74) is 1.95. The SMILES string of the molecule is Cc1ccc(Br)cc1CNC(CC(=O)O)C(=O)O. The molecule has 0 spiro atoms. The summed E-state index contributed by atoms with van der Waals surface area (Å²) in [7, 11) is 0. The second kappa shape index (κ2) is 6.51.